The molecule has 1 aliphatic rings. The van der Waals surface area contributed by atoms with Gasteiger partial charge < -0.3 is 40.6 Å². The zero-order valence-corrected chi connectivity index (χ0v) is 45.7. The number of alkyl carbamates (subject to hydrolysis) is 1. The fraction of sp³-hybridized carbons (Fsp3) is 0.852. The Labute approximate surface area is 440 Å². The normalized spacial score (nSPS) is 13.2. The van der Waals surface area contributed by atoms with E-state index in [9.17, 15) is 38.2 Å². The van der Waals surface area contributed by atoms with Crippen molar-refractivity contribution in [2.24, 2.45) is 0 Å². The molecule has 1 unspecified atom stereocenters. The zero-order valence-electron chi connectivity index (χ0n) is 44.8. The van der Waals surface area contributed by atoms with Gasteiger partial charge in [-0.15, -0.1) is 0 Å². The maximum atomic E-state index is 12.8. The van der Waals surface area contributed by atoms with Crippen molar-refractivity contribution >= 4 is 43.6 Å². The lowest BCUT2D eigenvalue weighted by atomic mass is 10.0. The second-order valence-corrected chi connectivity index (χ2v) is 20.2. The molecule has 2 atom stereocenters. The number of phosphoric acid groups is 1. The summed E-state index contributed by atoms with van der Waals surface area (Å²) in [7, 11) is -4.67. The number of nitrogens with zero attached hydrogens (tertiary/aromatic N) is 1. The van der Waals surface area contributed by atoms with Crippen LogP contribution < -0.4 is 16.8 Å². The van der Waals surface area contributed by atoms with Gasteiger partial charge in [0, 0.05) is 51.0 Å². The van der Waals surface area contributed by atoms with Crippen LogP contribution in [0, 0.1) is 0 Å². The van der Waals surface area contributed by atoms with Gasteiger partial charge in [-0.2, -0.15) is 0 Å². The molecule has 428 valence electrons. The smallest absolute Gasteiger partial charge is 0.462 e. The molecule has 0 aliphatic carbocycles. The molecule has 0 radical (unpaired) electrons. The van der Waals surface area contributed by atoms with Crippen LogP contribution in [0.3, 0.4) is 0 Å². The topological polar surface area (TPSA) is 257 Å². The number of esters is 2. The minimum atomic E-state index is -4.67. The first-order valence-corrected chi connectivity index (χ1v) is 29.2. The van der Waals surface area contributed by atoms with Crippen LogP contribution in [0.5, 0.6) is 0 Å². The highest BCUT2D eigenvalue weighted by atomic mass is 31.2. The van der Waals surface area contributed by atoms with Crippen molar-refractivity contribution in [3.63, 3.8) is 0 Å². The van der Waals surface area contributed by atoms with Crippen molar-refractivity contribution in [1.82, 2.24) is 21.7 Å². The highest BCUT2D eigenvalue weighted by Gasteiger charge is 2.27. The van der Waals surface area contributed by atoms with Gasteiger partial charge in [0.15, 0.2) is 6.10 Å². The molecule has 19 heteroatoms. The Hall–Kier alpha value is -3.41. The lowest BCUT2D eigenvalue weighted by molar-refractivity contribution is -0.161. The lowest BCUT2D eigenvalue weighted by Crippen LogP contribution is -2.35. The van der Waals surface area contributed by atoms with Gasteiger partial charge in [0.05, 0.1) is 26.4 Å². The van der Waals surface area contributed by atoms with Crippen LogP contribution in [0.25, 0.3) is 0 Å². The Morgan fingerprint density at radius 2 is 0.959 bits per heavy atom. The Morgan fingerprint density at radius 3 is 1.42 bits per heavy atom. The SMILES string of the molecule is C.CCCCCCCCCCCCCCCCCC(=O)OC[C@H](COP(=O)(O)OCCNC(=O)OCCOCCNC(=O)CCN1C(=O)C=CC1=O)OC(=O)CCCCCCCCCCCCCCCCC.N. The predicted octanol–water partition coefficient (Wildman–Crippen LogP) is 12.1. The highest BCUT2D eigenvalue weighted by molar-refractivity contribution is 7.47. The summed E-state index contributed by atoms with van der Waals surface area (Å²) in [4.78, 5) is 83.8. The summed E-state index contributed by atoms with van der Waals surface area (Å²) in [6, 6.07) is 0. The van der Waals surface area contributed by atoms with Gasteiger partial charge >= 0.3 is 25.9 Å². The van der Waals surface area contributed by atoms with Crippen molar-refractivity contribution in [2.45, 2.75) is 239 Å². The van der Waals surface area contributed by atoms with Crippen molar-refractivity contribution in [3.05, 3.63) is 12.2 Å². The summed E-state index contributed by atoms with van der Waals surface area (Å²) >= 11 is 0. The second kappa shape index (κ2) is 50.7. The molecule has 0 aromatic rings. The number of carbonyl (C=O) groups is 6. The van der Waals surface area contributed by atoms with E-state index >= 15 is 0 Å². The summed E-state index contributed by atoms with van der Waals surface area (Å²) in [5, 5.41) is 4.97. The molecule has 0 aromatic heterocycles. The van der Waals surface area contributed by atoms with Crippen LogP contribution >= 0.6 is 7.82 Å². The monoisotopic (exact) mass is 1060 g/mol. The fourth-order valence-corrected chi connectivity index (χ4v) is 8.74. The summed E-state index contributed by atoms with van der Waals surface area (Å²) in [6.07, 6.45) is 37.0. The third-order valence-electron chi connectivity index (χ3n) is 12.2. The van der Waals surface area contributed by atoms with Crippen LogP contribution in [0.2, 0.25) is 0 Å². The van der Waals surface area contributed by atoms with E-state index in [-0.39, 0.29) is 84.8 Å². The van der Waals surface area contributed by atoms with E-state index in [0.29, 0.717) is 12.8 Å². The summed E-state index contributed by atoms with van der Waals surface area (Å²) in [6.45, 7) is 3.18. The number of imide groups is 1. The number of unbranched alkanes of at least 4 members (excludes halogenated alkanes) is 28. The molecule has 4 amide bonds. The van der Waals surface area contributed by atoms with Crippen LogP contribution in [0.4, 0.5) is 4.79 Å². The number of hydrogen-bond donors (Lipinski definition) is 4. The van der Waals surface area contributed by atoms with E-state index < -0.39 is 57.0 Å². The van der Waals surface area contributed by atoms with Crippen molar-refractivity contribution in [1.29, 1.82) is 0 Å². The van der Waals surface area contributed by atoms with E-state index in [4.69, 9.17) is 28.0 Å². The number of rotatable bonds is 51. The van der Waals surface area contributed by atoms with E-state index in [2.05, 4.69) is 24.5 Å². The maximum absolute atomic E-state index is 12.8. The average Bonchev–Trinajstić information content (AvgIpc) is 3.67. The van der Waals surface area contributed by atoms with Gasteiger partial charge in [-0.3, -0.25) is 37.9 Å². The molecule has 1 heterocycles. The predicted molar refractivity (Wildman–Crippen MR) is 287 cm³/mol. The first-order chi connectivity index (χ1) is 34.5. The van der Waals surface area contributed by atoms with Gasteiger partial charge in [-0.25, -0.2) is 9.36 Å². The molecular formula is C54H103N4O14P. The zero-order chi connectivity index (χ0) is 51.9. The van der Waals surface area contributed by atoms with Crippen LogP contribution in [0.1, 0.15) is 233 Å². The largest absolute Gasteiger partial charge is 0.472 e. The standard InChI is InChI=1S/C53H96N3O14P.CH4.H3N/c1-3-5-7-9-11-13-15-17-19-21-23-25-27-29-31-33-51(60)67-45-47(70-52(61)34-32-30-28-26-24-22-20-18-16-14-12-10-8-6-4-2)46-69-71(63,64)68-42-39-55-53(62)66-44-43-65-41-38-54-48(57)37-40-56-49(58)35-36-50(56)59;;/h35-36,47H,3-34,37-46H2,1-2H3,(H,54,57)(H,55,62)(H,63,64);1H4;1H3/t47-;;/m1../s1. The molecule has 0 aromatic carbocycles. The first-order valence-electron chi connectivity index (χ1n) is 27.7. The molecule has 0 bridgehead atoms. The number of carbonyl (C=O) groups excluding carboxylic acids is 6. The molecule has 0 fully saturated rings. The minimum Gasteiger partial charge on any atom is -0.462 e. The van der Waals surface area contributed by atoms with Crippen LogP contribution in [0.15, 0.2) is 12.2 Å². The van der Waals surface area contributed by atoms with Gasteiger partial charge in [0.2, 0.25) is 5.91 Å². The Kier molecular flexibility index (Phi) is 49.8. The van der Waals surface area contributed by atoms with Gasteiger partial charge in [0.1, 0.15) is 13.2 Å². The third kappa shape index (κ3) is 45.7. The van der Waals surface area contributed by atoms with E-state index in [1.807, 2.05) is 0 Å². The van der Waals surface area contributed by atoms with Gasteiger partial charge in [0.25, 0.3) is 11.8 Å². The molecule has 18 nitrogen and oxygen atoms in total. The molecular weight excluding hydrogens is 960 g/mol. The van der Waals surface area contributed by atoms with Gasteiger partial charge in [-0.1, -0.05) is 201 Å². The summed E-state index contributed by atoms with van der Waals surface area (Å²) in [5.74, 6) is -2.23. The van der Waals surface area contributed by atoms with E-state index in [1.54, 1.807) is 0 Å². The Bertz CT molecular complexity index is 1470. The minimum absolute atomic E-state index is 0. The van der Waals surface area contributed by atoms with Crippen molar-refractivity contribution in [2.75, 3.05) is 59.3 Å². The highest BCUT2D eigenvalue weighted by Crippen LogP contribution is 2.43. The average molecular weight is 1060 g/mol. The first kappa shape index (κ1) is 71.7. The van der Waals surface area contributed by atoms with Gasteiger partial charge in [-0.05, 0) is 12.8 Å². The van der Waals surface area contributed by atoms with Crippen molar-refractivity contribution < 1.29 is 66.2 Å². The molecule has 0 saturated heterocycles. The number of ether oxygens (including phenoxy) is 4. The molecule has 1 aliphatic heterocycles. The van der Waals surface area contributed by atoms with Crippen molar-refractivity contribution in [3.8, 4) is 0 Å². The Morgan fingerprint density at radius 1 is 0.534 bits per heavy atom. The Balaban J connectivity index is 0. The number of hydrogen-bond acceptors (Lipinski definition) is 14. The number of phosphoric ester groups is 1. The van der Waals surface area contributed by atoms with Crippen LogP contribution in [-0.4, -0.2) is 111 Å². The number of nitrogens with one attached hydrogen (secondary N) is 2. The third-order valence-corrected chi connectivity index (χ3v) is 13.2. The second-order valence-electron chi connectivity index (χ2n) is 18.7. The summed E-state index contributed by atoms with van der Waals surface area (Å²) in [5.41, 5.74) is 0. The fourth-order valence-electron chi connectivity index (χ4n) is 7.99. The molecule has 1 rings (SSSR count). The summed E-state index contributed by atoms with van der Waals surface area (Å²) < 4.78 is 44.1. The maximum Gasteiger partial charge on any atom is 0.472 e. The lowest BCUT2D eigenvalue weighted by Gasteiger charge is -2.20. The number of amides is 4. The molecule has 73 heavy (non-hydrogen) atoms. The quantitative estimate of drug-likeness (QED) is 0.0145. The molecule has 0 saturated carbocycles. The molecule has 6 N–H and O–H groups in total. The van der Waals surface area contributed by atoms with E-state index in [1.165, 1.54) is 141 Å². The van der Waals surface area contributed by atoms with Crippen LogP contribution in [-0.2, 0) is 56.5 Å². The van der Waals surface area contributed by atoms with E-state index in [0.717, 1.165) is 55.6 Å². The molecule has 0 spiro atoms.